The second-order valence-corrected chi connectivity index (χ2v) is 11.9. The third kappa shape index (κ3) is 6.53. The summed E-state index contributed by atoms with van der Waals surface area (Å²) >= 11 is 0. The number of rotatable bonds is 7. The fourth-order valence-electron chi connectivity index (χ4n) is 5.75. The molecule has 1 aliphatic heterocycles. The molecule has 1 aliphatic carbocycles. The van der Waals surface area contributed by atoms with Gasteiger partial charge in [0, 0.05) is 31.1 Å². The lowest BCUT2D eigenvalue weighted by atomic mass is 9.85. The highest BCUT2D eigenvalue weighted by atomic mass is 31.0. The van der Waals surface area contributed by atoms with Crippen LogP contribution in [0.3, 0.4) is 0 Å². The molecule has 0 spiro atoms. The van der Waals surface area contributed by atoms with Crippen LogP contribution in [0, 0.1) is 18.7 Å². The molecule has 0 radical (unpaired) electrons. The van der Waals surface area contributed by atoms with Crippen molar-refractivity contribution in [3.05, 3.63) is 29.7 Å². The highest BCUT2D eigenvalue weighted by molar-refractivity contribution is 7.28. The zero-order valence-electron chi connectivity index (χ0n) is 23.7. The topological polar surface area (TPSA) is 140 Å². The first-order chi connectivity index (χ1) is 19.6. The number of imidazole rings is 1. The summed E-state index contributed by atoms with van der Waals surface area (Å²) in [5.74, 6) is 0.0692. The van der Waals surface area contributed by atoms with E-state index in [0.717, 1.165) is 18.4 Å². The molecule has 41 heavy (non-hydrogen) atoms. The summed E-state index contributed by atoms with van der Waals surface area (Å²) in [4.78, 5) is 40.1. The summed E-state index contributed by atoms with van der Waals surface area (Å²) in [6, 6.07) is 3.31. The van der Waals surface area contributed by atoms with E-state index >= 15 is 4.39 Å². The van der Waals surface area contributed by atoms with Crippen LogP contribution in [0.5, 0.6) is 0 Å². The first-order valence-corrected chi connectivity index (χ1v) is 14.8. The lowest BCUT2D eigenvalue weighted by molar-refractivity contribution is -0.122. The standard InChI is InChI=1S/C28H38FN8O3P/c1-15(2)40-28(39)36-10-4-5-18(14-36)32-26-31-13-21-25(35-26)37(19-8-6-17(7-9-19)24(30)38)27(33-21)34-23-20(29)11-16(3)12-22(23)41/h11-13,15,17-19H,4-10,14,41H2,1-3H3,(H2,30,38)(H,33,34)(H,31,32,35)/t17?,18-,19?/m1/s1. The number of hydrogen-bond donors (Lipinski definition) is 3. The molecule has 2 fully saturated rings. The van der Waals surface area contributed by atoms with Crippen molar-refractivity contribution < 1.29 is 18.7 Å². The predicted octanol–water partition coefficient (Wildman–Crippen LogP) is 4.16. The molecule has 0 bridgehead atoms. The molecular formula is C28H38FN8O3P. The van der Waals surface area contributed by atoms with Gasteiger partial charge < -0.3 is 26.0 Å². The van der Waals surface area contributed by atoms with E-state index in [2.05, 4.69) is 24.9 Å². The summed E-state index contributed by atoms with van der Waals surface area (Å²) in [7, 11) is 2.58. The minimum atomic E-state index is -0.377. The van der Waals surface area contributed by atoms with Gasteiger partial charge in [0.15, 0.2) is 5.65 Å². The lowest BCUT2D eigenvalue weighted by Crippen LogP contribution is -2.46. The average Bonchev–Trinajstić information content (AvgIpc) is 3.27. The van der Waals surface area contributed by atoms with Gasteiger partial charge in [-0.3, -0.25) is 9.36 Å². The number of aryl methyl sites for hydroxylation is 1. The number of amides is 2. The lowest BCUT2D eigenvalue weighted by Gasteiger charge is -2.33. The minimum absolute atomic E-state index is 0.0155. The predicted molar refractivity (Wildman–Crippen MR) is 159 cm³/mol. The van der Waals surface area contributed by atoms with Crippen molar-refractivity contribution in [2.24, 2.45) is 11.7 Å². The maximum Gasteiger partial charge on any atom is 0.410 e. The Kier molecular flexibility index (Phi) is 8.58. The van der Waals surface area contributed by atoms with E-state index in [4.69, 9.17) is 20.4 Å². The average molecular weight is 585 g/mol. The van der Waals surface area contributed by atoms with Gasteiger partial charge in [0.2, 0.25) is 17.8 Å². The number of ether oxygens (including phenoxy) is 1. The van der Waals surface area contributed by atoms with E-state index in [9.17, 15) is 9.59 Å². The second kappa shape index (κ2) is 12.1. The van der Waals surface area contributed by atoms with Gasteiger partial charge in [0.25, 0.3) is 0 Å². The molecule has 1 aromatic carbocycles. The number of likely N-dealkylation sites (tertiary alicyclic amines) is 1. The van der Waals surface area contributed by atoms with Gasteiger partial charge in [-0.15, -0.1) is 9.24 Å². The number of halogens is 1. The Morgan fingerprint density at radius 1 is 1.17 bits per heavy atom. The van der Waals surface area contributed by atoms with E-state index in [0.29, 0.717) is 72.8 Å². The van der Waals surface area contributed by atoms with Crippen LogP contribution < -0.4 is 21.7 Å². The van der Waals surface area contributed by atoms with Crippen molar-refractivity contribution >= 4 is 55.3 Å². The number of piperidine rings is 1. The van der Waals surface area contributed by atoms with Crippen molar-refractivity contribution in [3.63, 3.8) is 0 Å². The number of hydrogen-bond acceptors (Lipinski definition) is 8. The zero-order valence-corrected chi connectivity index (χ0v) is 24.8. The molecule has 3 aromatic rings. The zero-order chi connectivity index (χ0) is 29.3. The van der Waals surface area contributed by atoms with Crippen LogP contribution in [0.4, 0.5) is 26.8 Å². The van der Waals surface area contributed by atoms with Crippen LogP contribution in [-0.2, 0) is 9.53 Å². The Morgan fingerprint density at radius 3 is 2.61 bits per heavy atom. The summed E-state index contributed by atoms with van der Waals surface area (Å²) in [6.07, 6.45) is 5.59. The van der Waals surface area contributed by atoms with Crippen molar-refractivity contribution in [1.29, 1.82) is 0 Å². The number of primary amides is 1. The smallest absolute Gasteiger partial charge is 0.410 e. The summed E-state index contributed by atoms with van der Waals surface area (Å²) in [5, 5.41) is 7.28. The van der Waals surface area contributed by atoms with Gasteiger partial charge in [-0.1, -0.05) is 0 Å². The number of carbonyl (C=O) groups excluding carboxylic acids is 2. The number of aromatic nitrogens is 4. The van der Waals surface area contributed by atoms with E-state index in [1.807, 2.05) is 31.4 Å². The first-order valence-electron chi connectivity index (χ1n) is 14.2. The summed E-state index contributed by atoms with van der Waals surface area (Å²) in [5.41, 5.74) is 7.90. The number of nitrogens with two attached hydrogens (primary N) is 1. The first kappa shape index (κ1) is 29.0. The van der Waals surface area contributed by atoms with Crippen molar-refractivity contribution in [2.75, 3.05) is 23.7 Å². The monoisotopic (exact) mass is 584 g/mol. The maximum atomic E-state index is 15.0. The summed E-state index contributed by atoms with van der Waals surface area (Å²) in [6.45, 7) is 6.64. The Hall–Kier alpha value is -3.53. The second-order valence-electron chi connectivity index (χ2n) is 11.3. The van der Waals surface area contributed by atoms with E-state index in [1.54, 1.807) is 11.1 Å². The molecule has 2 aromatic heterocycles. The van der Waals surface area contributed by atoms with Crippen LogP contribution in [0.25, 0.3) is 11.2 Å². The Labute approximate surface area is 241 Å². The third-order valence-electron chi connectivity index (χ3n) is 7.75. The normalized spacial score (nSPS) is 21.2. The summed E-state index contributed by atoms with van der Waals surface area (Å²) < 4.78 is 22.4. The number of benzene rings is 1. The van der Waals surface area contributed by atoms with Gasteiger partial charge >= 0.3 is 6.09 Å². The van der Waals surface area contributed by atoms with Crippen LogP contribution in [0.1, 0.15) is 64.0 Å². The molecule has 5 rings (SSSR count). The third-order valence-corrected chi connectivity index (χ3v) is 8.20. The molecule has 13 heteroatoms. The SMILES string of the molecule is Cc1cc(F)c(Nc2nc3cnc(N[C@@H]4CCCN(C(=O)OC(C)C)C4)nc3n2C2CCC(C(N)=O)CC2)c(P)c1. The number of nitrogens with zero attached hydrogens (tertiary/aromatic N) is 5. The van der Waals surface area contributed by atoms with E-state index < -0.39 is 0 Å². The molecular weight excluding hydrogens is 546 g/mol. The molecule has 3 heterocycles. The highest BCUT2D eigenvalue weighted by Gasteiger charge is 2.30. The largest absolute Gasteiger partial charge is 0.447 e. The maximum absolute atomic E-state index is 15.0. The van der Waals surface area contributed by atoms with Crippen LogP contribution in [-0.4, -0.2) is 61.7 Å². The Morgan fingerprint density at radius 2 is 1.93 bits per heavy atom. The van der Waals surface area contributed by atoms with E-state index in [1.165, 1.54) is 6.07 Å². The fraction of sp³-hybridized carbons (Fsp3) is 0.536. The number of fused-ring (bicyclic) bond motifs is 1. The van der Waals surface area contributed by atoms with Crippen molar-refractivity contribution in [1.82, 2.24) is 24.4 Å². The molecule has 4 N–H and O–H groups in total. The van der Waals surface area contributed by atoms with Crippen LogP contribution in [0.2, 0.25) is 0 Å². The highest BCUT2D eigenvalue weighted by Crippen LogP contribution is 2.37. The van der Waals surface area contributed by atoms with Crippen LogP contribution in [0.15, 0.2) is 18.3 Å². The Balaban J connectivity index is 1.45. The van der Waals surface area contributed by atoms with Gasteiger partial charge in [0.05, 0.1) is 18.0 Å². The molecule has 2 amide bonds. The molecule has 1 saturated heterocycles. The van der Waals surface area contributed by atoms with E-state index in [-0.39, 0.29) is 41.9 Å². The molecule has 220 valence electrons. The molecule has 2 aliphatic rings. The van der Waals surface area contributed by atoms with Gasteiger partial charge in [-0.05, 0) is 82.3 Å². The van der Waals surface area contributed by atoms with Crippen molar-refractivity contribution in [3.8, 4) is 0 Å². The molecule has 11 nitrogen and oxygen atoms in total. The minimum Gasteiger partial charge on any atom is -0.447 e. The van der Waals surface area contributed by atoms with Crippen molar-refractivity contribution in [2.45, 2.75) is 77.5 Å². The number of anilines is 3. The van der Waals surface area contributed by atoms with Gasteiger partial charge in [-0.2, -0.15) is 4.98 Å². The van der Waals surface area contributed by atoms with Gasteiger partial charge in [-0.25, -0.2) is 19.2 Å². The number of nitrogens with one attached hydrogen (secondary N) is 2. The quantitative estimate of drug-likeness (QED) is 0.352. The molecule has 2 atom stereocenters. The van der Waals surface area contributed by atoms with Crippen LogP contribution >= 0.6 is 9.24 Å². The molecule has 1 saturated carbocycles. The Bertz CT molecular complexity index is 1420. The van der Waals surface area contributed by atoms with Gasteiger partial charge in [0.1, 0.15) is 11.3 Å². The molecule has 1 unspecified atom stereocenters. The number of carbonyl (C=O) groups is 2. The fourth-order valence-corrected chi connectivity index (χ4v) is 6.22.